The van der Waals surface area contributed by atoms with Crippen LogP contribution in [0.2, 0.25) is 0 Å². The summed E-state index contributed by atoms with van der Waals surface area (Å²) >= 11 is 1.87. The zero-order valence-electron chi connectivity index (χ0n) is 9.58. The SMILES string of the molecule is COC(C)CN=C1NC2(CCCC2)CS1. The van der Waals surface area contributed by atoms with Gasteiger partial charge in [0.2, 0.25) is 0 Å². The molecule has 0 aromatic heterocycles. The lowest BCUT2D eigenvalue weighted by atomic mass is 10.0. The minimum atomic E-state index is 0.222. The minimum absolute atomic E-state index is 0.222. The maximum atomic E-state index is 5.18. The van der Waals surface area contributed by atoms with Gasteiger partial charge in [-0.3, -0.25) is 4.99 Å². The van der Waals surface area contributed by atoms with E-state index in [1.165, 1.54) is 31.4 Å². The van der Waals surface area contributed by atoms with Crippen molar-refractivity contribution in [1.82, 2.24) is 5.32 Å². The van der Waals surface area contributed by atoms with Crippen LogP contribution in [0.1, 0.15) is 32.6 Å². The van der Waals surface area contributed by atoms with E-state index < -0.39 is 0 Å². The zero-order valence-corrected chi connectivity index (χ0v) is 10.4. The lowest BCUT2D eigenvalue weighted by Gasteiger charge is -2.21. The Labute approximate surface area is 96.1 Å². The van der Waals surface area contributed by atoms with Gasteiger partial charge in [0.15, 0.2) is 5.17 Å². The van der Waals surface area contributed by atoms with E-state index in [1.54, 1.807) is 7.11 Å². The van der Waals surface area contributed by atoms with E-state index in [4.69, 9.17) is 4.74 Å². The van der Waals surface area contributed by atoms with E-state index in [1.807, 2.05) is 11.8 Å². The average Bonchev–Trinajstić information content (AvgIpc) is 2.86. The summed E-state index contributed by atoms with van der Waals surface area (Å²) in [6, 6.07) is 0. The second-order valence-corrected chi connectivity index (χ2v) is 5.56. The number of ether oxygens (including phenoxy) is 1. The molecule has 0 bridgehead atoms. The van der Waals surface area contributed by atoms with Gasteiger partial charge >= 0.3 is 0 Å². The third-order valence-corrected chi connectivity index (χ3v) is 4.51. The van der Waals surface area contributed by atoms with E-state index in [0.717, 1.165) is 11.7 Å². The fourth-order valence-corrected chi connectivity index (χ4v) is 3.43. The van der Waals surface area contributed by atoms with Crippen molar-refractivity contribution in [2.24, 2.45) is 4.99 Å². The third kappa shape index (κ3) is 2.67. The average molecular weight is 228 g/mol. The van der Waals surface area contributed by atoms with Gasteiger partial charge in [0, 0.05) is 18.4 Å². The van der Waals surface area contributed by atoms with Crippen LogP contribution in [0.15, 0.2) is 4.99 Å². The summed E-state index contributed by atoms with van der Waals surface area (Å²) in [4.78, 5) is 4.56. The Hall–Kier alpha value is -0.220. The fraction of sp³-hybridized carbons (Fsp3) is 0.909. The Morgan fingerprint density at radius 3 is 2.93 bits per heavy atom. The molecule has 15 heavy (non-hydrogen) atoms. The minimum Gasteiger partial charge on any atom is -0.380 e. The highest BCUT2D eigenvalue weighted by Gasteiger charge is 2.39. The molecule has 1 unspecified atom stereocenters. The highest BCUT2D eigenvalue weighted by atomic mass is 32.2. The molecule has 1 aliphatic heterocycles. The molecule has 0 aromatic carbocycles. The van der Waals surface area contributed by atoms with E-state index in [-0.39, 0.29) is 6.10 Å². The summed E-state index contributed by atoms with van der Waals surface area (Å²) in [5.74, 6) is 1.20. The number of hydrogen-bond donors (Lipinski definition) is 1. The maximum Gasteiger partial charge on any atom is 0.157 e. The van der Waals surface area contributed by atoms with Crippen LogP contribution in [0.5, 0.6) is 0 Å². The zero-order chi connectivity index (χ0) is 10.7. The largest absolute Gasteiger partial charge is 0.380 e. The second-order valence-electron chi connectivity index (χ2n) is 4.59. The first-order valence-corrected chi connectivity index (χ1v) is 6.71. The first-order chi connectivity index (χ1) is 7.24. The van der Waals surface area contributed by atoms with Crippen LogP contribution in [0.4, 0.5) is 0 Å². The van der Waals surface area contributed by atoms with Crippen molar-refractivity contribution in [3.63, 3.8) is 0 Å². The molecule has 4 heteroatoms. The summed E-state index contributed by atoms with van der Waals surface area (Å²) in [5.41, 5.74) is 0.389. The lowest BCUT2D eigenvalue weighted by molar-refractivity contribution is 0.125. The highest BCUT2D eigenvalue weighted by molar-refractivity contribution is 8.14. The second kappa shape index (κ2) is 4.74. The van der Waals surface area contributed by atoms with Crippen molar-refractivity contribution in [3.05, 3.63) is 0 Å². The van der Waals surface area contributed by atoms with Gasteiger partial charge in [-0.25, -0.2) is 0 Å². The first-order valence-electron chi connectivity index (χ1n) is 5.72. The number of thioether (sulfide) groups is 1. The van der Waals surface area contributed by atoms with Gasteiger partial charge in [-0.1, -0.05) is 24.6 Å². The molecular formula is C11H20N2OS. The van der Waals surface area contributed by atoms with E-state index in [9.17, 15) is 0 Å². The molecular weight excluding hydrogens is 208 g/mol. The first kappa shape index (κ1) is 11.3. The third-order valence-electron chi connectivity index (χ3n) is 3.31. The van der Waals surface area contributed by atoms with E-state index in [2.05, 4.69) is 17.2 Å². The van der Waals surface area contributed by atoms with Gasteiger partial charge in [-0.2, -0.15) is 0 Å². The summed E-state index contributed by atoms with van der Waals surface area (Å²) in [7, 11) is 1.73. The molecule has 2 aliphatic rings. The van der Waals surface area contributed by atoms with Gasteiger partial charge in [-0.05, 0) is 19.8 Å². The van der Waals surface area contributed by atoms with E-state index >= 15 is 0 Å². The summed E-state index contributed by atoms with van der Waals surface area (Å²) in [6.07, 6.45) is 5.60. The molecule has 2 rings (SSSR count). The molecule has 3 nitrogen and oxygen atoms in total. The maximum absolute atomic E-state index is 5.18. The van der Waals surface area contributed by atoms with E-state index in [0.29, 0.717) is 5.54 Å². The van der Waals surface area contributed by atoms with Crippen molar-refractivity contribution >= 4 is 16.9 Å². The van der Waals surface area contributed by atoms with Gasteiger partial charge < -0.3 is 10.1 Å². The van der Waals surface area contributed by atoms with Gasteiger partial charge in [0.05, 0.1) is 12.6 Å². The molecule has 1 spiro atoms. The number of rotatable bonds is 3. The number of nitrogens with zero attached hydrogens (tertiary/aromatic N) is 1. The van der Waals surface area contributed by atoms with Crippen molar-refractivity contribution in [2.75, 3.05) is 19.4 Å². The predicted octanol–water partition coefficient (Wildman–Crippen LogP) is 2.03. The van der Waals surface area contributed by atoms with Crippen LogP contribution in [-0.2, 0) is 4.74 Å². The van der Waals surface area contributed by atoms with Gasteiger partial charge in [0.25, 0.3) is 0 Å². The van der Waals surface area contributed by atoms with Crippen LogP contribution >= 0.6 is 11.8 Å². The topological polar surface area (TPSA) is 33.6 Å². The Balaban J connectivity index is 1.86. The molecule has 86 valence electrons. The molecule has 1 atom stereocenters. The summed E-state index contributed by atoms with van der Waals surface area (Å²) < 4.78 is 5.18. The molecule has 1 saturated heterocycles. The van der Waals surface area contributed by atoms with Crippen molar-refractivity contribution in [1.29, 1.82) is 0 Å². The number of hydrogen-bond acceptors (Lipinski definition) is 3. The lowest BCUT2D eigenvalue weighted by Crippen LogP contribution is -2.40. The molecule has 1 aliphatic carbocycles. The fourth-order valence-electron chi connectivity index (χ4n) is 2.20. The van der Waals surface area contributed by atoms with Crippen LogP contribution in [-0.4, -0.2) is 36.2 Å². The van der Waals surface area contributed by atoms with Crippen LogP contribution in [0.3, 0.4) is 0 Å². The molecule has 1 heterocycles. The smallest absolute Gasteiger partial charge is 0.157 e. The molecule has 1 saturated carbocycles. The standard InChI is InChI=1S/C11H20N2OS/c1-9(14-2)7-12-10-13-11(8-15-10)5-3-4-6-11/h9H,3-8H2,1-2H3,(H,12,13). The molecule has 1 N–H and O–H groups in total. The van der Waals surface area contributed by atoms with Crippen LogP contribution in [0, 0.1) is 0 Å². The quantitative estimate of drug-likeness (QED) is 0.802. The predicted molar refractivity (Wildman–Crippen MR) is 65.6 cm³/mol. The Bertz CT molecular complexity index is 249. The van der Waals surface area contributed by atoms with Crippen molar-refractivity contribution < 1.29 is 4.74 Å². The molecule has 0 aromatic rings. The van der Waals surface area contributed by atoms with Crippen molar-refractivity contribution in [2.45, 2.75) is 44.2 Å². The summed E-state index contributed by atoms with van der Waals surface area (Å²) in [5, 5.41) is 4.73. The molecule has 0 radical (unpaired) electrons. The number of nitrogens with one attached hydrogen (secondary N) is 1. The van der Waals surface area contributed by atoms with Crippen molar-refractivity contribution in [3.8, 4) is 0 Å². The number of aliphatic imine (C=N–C) groups is 1. The Morgan fingerprint density at radius 2 is 2.27 bits per heavy atom. The number of amidine groups is 1. The van der Waals surface area contributed by atoms with Gasteiger partial charge in [-0.15, -0.1) is 0 Å². The monoisotopic (exact) mass is 228 g/mol. The van der Waals surface area contributed by atoms with Gasteiger partial charge in [0.1, 0.15) is 0 Å². The van der Waals surface area contributed by atoms with Crippen LogP contribution < -0.4 is 5.32 Å². The highest BCUT2D eigenvalue weighted by Crippen LogP contribution is 2.37. The molecule has 0 amide bonds. The Morgan fingerprint density at radius 1 is 1.53 bits per heavy atom. The number of methoxy groups -OCH3 is 1. The molecule has 2 fully saturated rings. The normalized spacial score (nSPS) is 28.5. The summed E-state index contributed by atoms with van der Waals surface area (Å²) in [6.45, 7) is 2.82. The Kier molecular flexibility index (Phi) is 3.57. The van der Waals surface area contributed by atoms with Crippen LogP contribution in [0.25, 0.3) is 0 Å².